The molecule has 3 rings (SSSR count). The van der Waals surface area contributed by atoms with Crippen molar-refractivity contribution in [2.24, 2.45) is 0 Å². The molecule has 0 radical (unpaired) electrons. The predicted octanol–water partition coefficient (Wildman–Crippen LogP) is 2.59. The van der Waals surface area contributed by atoms with E-state index in [4.69, 9.17) is 4.74 Å². The van der Waals surface area contributed by atoms with E-state index in [1.165, 1.54) is 11.1 Å². The van der Waals surface area contributed by atoms with Crippen molar-refractivity contribution in [1.29, 1.82) is 0 Å². The fourth-order valence-corrected chi connectivity index (χ4v) is 3.06. The molecule has 0 unspecified atom stereocenters. The molecule has 1 aliphatic heterocycles. The summed E-state index contributed by atoms with van der Waals surface area (Å²) in [6, 6.07) is 15.5. The number of amides is 2. The van der Waals surface area contributed by atoms with E-state index in [1.807, 2.05) is 42.5 Å². The normalized spacial score (nSPS) is 13.6. The molecule has 0 aromatic heterocycles. The van der Waals surface area contributed by atoms with E-state index in [2.05, 4.69) is 16.7 Å². The Morgan fingerprint density at radius 2 is 2.04 bits per heavy atom. The third kappa shape index (κ3) is 4.73. The molecule has 132 valence electrons. The van der Waals surface area contributed by atoms with Crippen LogP contribution in [0.2, 0.25) is 0 Å². The van der Waals surface area contributed by atoms with Crippen LogP contribution in [-0.2, 0) is 12.8 Å². The molecule has 2 aromatic carbocycles. The molecule has 0 bridgehead atoms. The van der Waals surface area contributed by atoms with Crippen molar-refractivity contribution in [2.75, 3.05) is 19.8 Å². The van der Waals surface area contributed by atoms with Gasteiger partial charge in [-0.15, -0.1) is 0 Å². The van der Waals surface area contributed by atoms with Crippen LogP contribution in [0.3, 0.4) is 0 Å². The third-order valence-electron chi connectivity index (χ3n) is 4.38. The molecule has 0 aliphatic carbocycles. The first-order chi connectivity index (χ1) is 12.3. The van der Waals surface area contributed by atoms with Crippen LogP contribution in [-0.4, -0.2) is 30.9 Å². The topological polar surface area (TPSA) is 70.6 Å². The number of nitrogens with one attached hydrogen (secondary N) is 2. The summed E-state index contributed by atoms with van der Waals surface area (Å²) in [5.41, 5.74) is 3.43. The maximum Gasteiger partial charge on any atom is 0.315 e. The molecule has 5 heteroatoms. The number of rotatable bonds is 7. The van der Waals surface area contributed by atoms with Crippen LogP contribution in [0.5, 0.6) is 5.75 Å². The number of aliphatic hydroxyl groups excluding tert-OH is 1. The molecule has 1 atom stereocenters. The molecule has 0 fully saturated rings. The molecule has 0 spiro atoms. The lowest BCUT2D eigenvalue weighted by Gasteiger charge is -2.18. The van der Waals surface area contributed by atoms with Gasteiger partial charge in [-0.1, -0.05) is 42.5 Å². The number of carbonyl (C=O) groups excluding carboxylic acids is 1. The molecule has 5 nitrogen and oxygen atoms in total. The highest BCUT2D eigenvalue weighted by Crippen LogP contribution is 2.25. The van der Waals surface area contributed by atoms with Gasteiger partial charge in [0.05, 0.1) is 12.6 Å². The molecular formula is C20H24N2O3. The zero-order valence-electron chi connectivity index (χ0n) is 14.2. The van der Waals surface area contributed by atoms with Crippen LogP contribution < -0.4 is 15.4 Å². The highest BCUT2D eigenvalue weighted by molar-refractivity contribution is 5.74. The standard InChI is InChI=1S/C20H24N2O3/c23-12-9-18(16-4-2-1-3-5-16)22-20(24)21-11-8-15-6-7-19-17(14-15)10-13-25-19/h1-7,14,18,23H,8-13H2,(H2,21,22,24)/t18-/m1/s1. The van der Waals surface area contributed by atoms with E-state index in [0.29, 0.717) is 13.0 Å². The molecule has 2 amide bonds. The molecule has 3 N–H and O–H groups in total. The Hall–Kier alpha value is -2.53. The fourth-order valence-electron chi connectivity index (χ4n) is 3.06. The minimum atomic E-state index is -0.216. The number of benzene rings is 2. The maximum atomic E-state index is 12.2. The summed E-state index contributed by atoms with van der Waals surface area (Å²) in [6.45, 7) is 1.34. The molecule has 1 heterocycles. The SMILES string of the molecule is O=C(NCCc1ccc2c(c1)CCO2)N[C@H](CCO)c1ccccc1. The molecule has 0 saturated heterocycles. The Balaban J connectivity index is 1.48. The molecule has 0 saturated carbocycles. The summed E-state index contributed by atoms with van der Waals surface area (Å²) in [4.78, 5) is 12.2. The Morgan fingerprint density at radius 1 is 1.20 bits per heavy atom. The Bertz CT molecular complexity index is 703. The monoisotopic (exact) mass is 340 g/mol. The van der Waals surface area contributed by atoms with E-state index >= 15 is 0 Å². The average Bonchev–Trinajstić information content (AvgIpc) is 3.10. The van der Waals surface area contributed by atoms with Gasteiger partial charge in [0, 0.05) is 19.6 Å². The van der Waals surface area contributed by atoms with Crippen molar-refractivity contribution < 1.29 is 14.6 Å². The van der Waals surface area contributed by atoms with Gasteiger partial charge in [-0.05, 0) is 35.6 Å². The molecule has 25 heavy (non-hydrogen) atoms. The largest absolute Gasteiger partial charge is 0.493 e. The van der Waals surface area contributed by atoms with Gasteiger partial charge in [0.2, 0.25) is 0 Å². The first-order valence-electron chi connectivity index (χ1n) is 8.71. The number of aliphatic hydroxyl groups is 1. The highest BCUT2D eigenvalue weighted by Gasteiger charge is 2.14. The lowest BCUT2D eigenvalue weighted by molar-refractivity contribution is 0.229. The van der Waals surface area contributed by atoms with Crippen molar-refractivity contribution in [3.05, 3.63) is 65.2 Å². The van der Waals surface area contributed by atoms with Gasteiger partial charge in [0.15, 0.2) is 0 Å². The lowest BCUT2D eigenvalue weighted by atomic mass is 10.0. The van der Waals surface area contributed by atoms with E-state index < -0.39 is 0 Å². The van der Waals surface area contributed by atoms with Crippen LogP contribution in [0, 0.1) is 0 Å². The van der Waals surface area contributed by atoms with Crippen LogP contribution in [0.4, 0.5) is 4.79 Å². The number of urea groups is 1. The number of hydrogen-bond donors (Lipinski definition) is 3. The summed E-state index contributed by atoms with van der Waals surface area (Å²) < 4.78 is 5.50. The van der Waals surface area contributed by atoms with Crippen molar-refractivity contribution in [1.82, 2.24) is 10.6 Å². The minimum absolute atomic E-state index is 0.0248. The van der Waals surface area contributed by atoms with Gasteiger partial charge in [-0.2, -0.15) is 0 Å². The van der Waals surface area contributed by atoms with Crippen molar-refractivity contribution in [3.63, 3.8) is 0 Å². The van der Waals surface area contributed by atoms with E-state index in [9.17, 15) is 9.90 Å². The smallest absolute Gasteiger partial charge is 0.315 e. The van der Waals surface area contributed by atoms with Gasteiger partial charge < -0.3 is 20.5 Å². The van der Waals surface area contributed by atoms with Crippen molar-refractivity contribution in [3.8, 4) is 5.75 Å². The average molecular weight is 340 g/mol. The van der Waals surface area contributed by atoms with Gasteiger partial charge in [-0.25, -0.2) is 4.79 Å². The summed E-state index contributed by atoms with van der Waals surface area (Å²) in [7, 11) is 0. The van der Waals surface area contributed by atoms with Gasteiger partial charge in [-0.3, -0.25) is 0 Å². The van der Waals surface area contributed by atoms with Crippen LogP contribution in [0.1, 0.15) is 29.2 Å². The summed E-state index contributed by atoms with van der Waals surface area (Å²) in [5.74, 6) is 0.976. The van der Waals surface area contributed by atoms with Gasteiger partial charge >= 0.3 is 6.03 Å². The first-order valence-corrected chi connectivity index (χ1v) is 8.71. The van der Waals surface area contributed by atoms with Gasteiger partial charge in [0.1, 0.15) is 5.75 Å². The summed E-state index contributed by atoms with van der Waals surface area (Å²) in [5, 5.41) is 15.1. The number of fused-ring (bicyclic) bond motifs is 1. The number of hydrogen-bond acceptors (Lipinski definition) is 3. The van der Waals surface area contributed by atoms with Crippen LogP contribution in [0.25, 0.3) is 0 Å². The van der Waals surface area contributed by atoms with Crippen LogP contribution in [0.15, 0.2) is 48.5 Å². The lowest BCUT2D eigenvalue weighted by Crippen LogP contribution is -2.39. The Kier molecular flexibility index (Phi) is 5.90. The van der Waals surface area contributed by atoms with Crippen molar-refractivity contribution >= 4 is 6.03 Å². The second-order valence-electron chi connectivity index (χ2n) is 6.17. The Morgan fingerprint density at radius 3 is 2.84 bits per heavy atom. The summed E-state index contributed by atoms with van der Waals surface area (Å²) in [6.07, 6.45) is 2.22. The van der Waals surface area contributed by atoms with E-state index in [-0.39, 0.29) is 18.7 Å². The second kappa shape index (κ2) is 8.53. The molecule has 2 aromatic rings. The number of ether oxygens (including phenoxy) is 1. The third-order valence-corrected chi connectivity index (χ3v) is 4.38. The minimum Gasteiger partial charge on any atom is -0.493 e. The second-order valence-corrected chi connectivity index (χ2v) is 6.17. The quantitative estimate of drug-likeness (QED) is 0.725. The zero-order valence-corrected chi connectivity index (χ0v) is 14.2. The van der Waals surface area contributed by atoms with Crippen LogP contribution >= 0.6 is 0 Å². The molecular weight excluding hydrogens is 316 g/mol. The van der Waals surface area contributed by atoms with Crippen molar-refractivity contribution in [2.45, 2.75) is 25.3 Å². The van der Waals surface area contributed by atoms with Gasteiger partial charge in [0.25, 0.3) is 0 Å². The zero-order chi connectivity index (χ0) is 17.5. The van der Waals surface area contributed by atoms with E-state index in [0.717, 1.165) is 30.8 Å². The first kappa shape index (κ1) is 17.3. The fraction of sp³-hybridized carbons (Fsp3) is 0.350. The summed E-state index contributed by atoms with van der Waals surface area (Å²) >= 11 is 0. The maximum absolute atomic E-state index is 12.2. The predicted molar refractivity (Wildman–Crippen MR) is 96.8 cm³/mol. The Labute approximate surface area is 148 Å². The molecule has 1 aliphatic rings. The van der Waals surface area contributed by atoms with E-state index in [1.54, 1.807) is 0 Å². The highest BCUT2D eigenvalue weighted by atomic mass is 16.5. The number of carbonyl (C=O) groups is 1.